The molecule has 1 saturated heterocycles. The van der Waals surface area contributed by atoms with Crippen molar-refractivity contribution >= 4 is 22.7 Å². The molecule has 1 aliphatic rings. The van der Waals surface area contributed by atoms with Crippen LogP contribution in [0.4, 0.5) is 13.2 Å². The monoisotopic (exact) mass is 596 g/mol. The number of benzene rings is 3. The third-order valence-electron chi connectivity index (χ3n) is 7.23. The molecule has 2 heterocycles. The Labute approximate surface area is 246 Å². The van der Waals surface area contributed by atoms with E-state index in [4.69, 9.17) is 14.2 Å². The lowest BCUT2D eigenvalue weighted by Crippen LogP contribution is -2.39. The molecule has 1 aliphatic heterocycles. The lowest BCUT2D eigenvalue weighted by atomic mass is 9.96. The van der Waals surface area contributed by atoms with Crippen molar-refractivity contribution in [3.63, 3.8) is 0 Å². The molecule has 0 unspecified atom stereocenters. The van der Waals surface area contributed by atoms with Crippen molar-refractivity contribution < 1.29 is 37.0 Å². The van der Waals surface area contributed by atoms with Crippen molar-refractivity contribution in [2.24, 2.45) is 5.92 Å². The van der Waals surface area contributed by atoms with Gasteiger partial charge in [0, 0.05) is 45.0 Å². The van der Waals surface area contributed by atoms with Crippen molar-refractivity contribution in [2.75, 3.05) is 33.4 Å². The Kier molecular flexibility index (Phi) is 9.45. The number of aromatic nitrogens is 2. The van der Waals surface area contributed by atoms with Gasteiger partial charge < -0.3 is 24.4 Å². The largest absolute Gasteiger partial charge is 0.457 e. The minimum Gasteiger partial charge on any atom is -0.457 e. The second kappa shape index (κ2) is 13.6. The van der Waals surface area contributed by atoms with Crippen LogP contribution < -0.4 is 14.8 Å². The first kappa shape index (κ1) is 29.9. The average Bonchev–Trinajstić information content (AvgIpc) is 3.42. The molecule has 3 aromatic carbocycles. The summed E-state index contributed by atoms with van der Waals surface area (Å²) in [5.74, 6) is 0.0435. The van der Waals surface area contributed by atoms with Crippen LogP contribution in [-0.2, 0) is 11.3 Å². The number of likely N-dealkylation sites (tertiary alicyclic amines) is 1. The molecule has 12 heteroatoms. The molecular weight excluding hydrogens is 565 g/mol. The summed E-state index contributed by atoms with van der Waals surface area (Å²) in [5.41, 5.74) is 0.964. The van der Waals surface area contributed by atoms with E-state index in [0.29, 0.717) is 47.6 Å². The summed E-state index contributed by atoms with van der Waals surface area (Å²) < 4.78 is 56.7. The molecule has 1 N–H and O–H groups in total. The Morgan fingerprint density at radius 2 is 1.67 bits per heavy atom. The summed E-state index contributed by atoms with van der Waals surface area (Å²) in [6, 6.07) is 15.5. The highest BCUT2D eigenvalue weighted by atomic mass is 19.3. The van der Waals surface area contributed by atoms with Crippen LogP contribution in [0, 0.1) is 11.7 Å². The first-order chi connectivity index (χ1) is 20.8. The van der Waals surface area contributed by atoms with Gasteiger partial charge in [-0.15, -0.1) is 0 Å². The van der Waals surface area contributed by atoms with E-state index in [9.17, 15) is 22.8 Å². The fourth-order valence-corrected chi connectivity index (χ4v) is 5.04. The molecule has 9 nitrogen and oxygen atoms in total. The van der Waals surface area contributed by atoms with Crippen LogP contribution in [0.2, 0.25) is 0 Å². The maximum atomic E-state index is 13.3. The van der Waals surface area contributed by atoms with E-state index in [1.54, 1.807) is 46.1 Å². The standard InChI is InChI=1S/C31H31F3N4O5/c1-41-17-14-35-29(39)25-10-11-27-26(28(25)43-31(33)34)19-38(36-27)18-20-12-15-37(16-13-20)30(40)21-2-6-23(7-3-21)42-24-8-4-22(32)5-9-24/h2-11,19-20,31H,12-18H2,1H3,(H,35,39). The number of amides is 2. The van der Waals surface area contributed by atoms with Gasteiger partial charge in [-0.05, 0) is 79.4 Å². The number of ether oxygens (including phenoxy) is 3. The van der Waals surface area contributed by atoms with Gasteiger partial charge in [-0.2, -0.15) is 13.9 Å². The van der Waals surface area contributed by atoms with E-state index >= 15 is 0 Å². The molecule has 226 valence electrons. The van der Waals surface area contributed by atoms with Crippen molar-refractivity contribution in [3.8, 4) is 17.2 Å². The predicted octanol–water partition coefficient (Wildman–Crippen LogP) is 5.50. The van der Waals surface area contributed by atoms with Gasteiger partial charge >= 0.3 is 6.61 Å². The molecule has 1 fully saturated rings. The molecule has 0 radical (unpaired) electrons. The number of hydrogen-bond acceptors (Lipinski definition) is 6. The molecular formula is C31H31F3N4O5. The Balaban J connectivity index is 1.19. The van der Waals surface area contributed by atoms with Gasteiger partial charge in [0.1, 0.15) is 23.1 Å². The summed E-state index contributed by atoms with van der Waals surface area (Å²) in [4.78, 5) is 27.5. The molecule has 0 spiro atoms. The van der Waals surface area contributed by atoms with Crippen molar-refractivity contribution in [1.82, 2.24) is 20.0 Å². The van der Waals surface area contributed by atoms with Crippen LogP contribution in [0.25, 0.3) is 10.9 Å². The fourth-order valence-electron chi connectivity index (χ4n) is 5.04. The van der Waals surface area contributed by atoms with Gasteiger partial charge in [0.25, 0.3) is 11.8 Å². The molecule has 5 rings (SSSR count). The van der Waals surface area contributed by atoms with Gasteiger partial charge in [-0.25, -0.2) is 4.39 Å². The zero-order valence-electron chi connectivity index (χ0n) is 23.5. The van der Waals surface area contributed by atoms with Crippen molar-refractivity contribution in [1.29, 1.82) is 0 Å². The highest BCUT2D eigenvalue weighted by Crippen LogP contribution is 2.32. The van der Waals surface area contributed by atoms with E-state index < -0.39 is 12.5 Å². The van der Waals surface area contributed by atoms with Crippen LogP contribution in [0.15, 0.2) is 66.9 Å². The molecule has 43 heavy (non-hydrogen) atoms. The molecule has 0 aliphatic carbocycles. The Bertz CT molecular complexity index is 1550. The number of halogens is 3. The molecule has 2 amide bonds. The van der Waals surface area contributed by atoms with Gasteiger partial charge in [0.2, 0.25) is 0 Å². The maximum Gasteiger partial charge on any atom is 0.387 e. The Morgan fingerprint density at radius 3 is 2.33 bits per heavy atom. The quantitative estimate of drug-likeness (QED) is 0.230. The van der Waals surface area contributed by atoms with Crippen LogP contribution in [0.5, 0.6) is 17.2 Å². The first-order valence-corrected chi connectivity index (χ1v) is 13.9. The summed E-state index contributed by atoms with van der Waals surface area (Å²) in [7, 11) is 1.49. The lowest BCUT2D eigenvalue weighted by Gasteiger charge is -2.32. The normalized spacial score (nSPS) is 13.8. The maximum absolute atomic E-state index is 13.3. The van der Waals surface area contributed by atoms with Crippen LogP contribution in [0.1, 0.15) is 33.6 Å². The summed E-state index contributed by atoms with van der Waals surface area (Å²) >= 11 is 0. The molecule has 0 atom stereocenters. The zero-order valence-corrected chi connectivity index (χ0v) is 23.5. The number of rotatable bonds is 11. The van der Waals surface area contributed by atoms with Crippen LogP contribution in [0.3, 0.4) is 0 Å². The number of fused-ring (bicyclic) bond motifs is 1. The molecule has 1 aromatic heterocycles. The second-order valence-electron chi connectivity index (χ2n) is 10.2. The second-order valence-corrected chi connectivity index (χ2v) is 10.2. The number of alkyl halides is 2. The van der Waals surface area contributed by atoms with E-state index in [1.165, 1.54) is 37.4 Å². The number of hydrogen-bond donors (Lipinski definition) is 1. The minimum atomic E-state index is -3.11. The summed E-state index contributed by atoms with van der Waals surface area (Å²) in [6.07, 6.45) is 3.09. The van der Waals surface area contributed by atoms with Crippen LogP contribution in [-0.4, -0.2) is 66.5 Å². The van der Waals surface area contributed by atoms with Gasteiger partial charge in [-0.1, -0.05) is 0 Å². The van der Waals surface area contributed by atoms with E-state index in [0.717, 1.165) is 12.8 Å². The van der Waals surface area contributed by atoms with Gasteiger partial charge in [0.05, 0.1) is 23.1 Å². The number of nitrogens with one attached hydrogen (secondary N) is 1. The van der Waals surface area contributed by atoms with Gasteiger partial charge in [0.15, 0.2) is 0 Å². The number of piperidine rings is 1. The minimum absolute atomic E-state index is 0.00896. The third kappa shape index (κ3) is 7.44. The van der Waals surface area contributed by atoms with E-state index in [1.807, 2.05) is 0 Å². The predicted molar refractivity (Wildman–Crippen MR) is 152 cm³/mol. The smallest absolute Gasteiger partial charge is 0.387 e. The van der Waals surface area contributed by atoms with Crippen molar-refractivity contribution in [2.45, 2.75) is 26.0 Å². The highest BCUT2D eigenvalue weighted by Gasteiger charge is 2.25. The Morgan fingerprint density at radius 1 is 1.00 bits per heavy atom. The molecule has 0 saturated carbocycles. The first-order valence-electron chi connectivity index (χ1n) is 13.9. The third-order valence-corrected chi connectivity index (χ3v) is 7.23. The summed E-state index contributed by atoms with van der Waals surface area (Å²) in [6.45, 7) is -0.969. The van der Waals surface area contributed by atoms with E-state index in [-0.39, 0.29) is 42.1 Å². The SMILES string of the molecule is COCCNC(=O)c1ccc2nn(CC3CCN(C(=O)c4ccc(Oc5ccc(F)cc5)cc4)CC3)cc2c1OC(F)F. The topological polar surface area (TPSA) is 94.9 Å². The number of methoxy groups -OCH3 is 1. The van der Waals surface area contributed by atoms with Crippen LogP contribution >= 0.6 is 0 Å². The Hall–Kier alpha value is -4.58. The zero-order chi connectivity index (χ0) is 30.3. The molecule has 4 aromatic rings. The van der Waals surface area contributed by atoms with E-state index in [2.05, 4.69) is 10.4 Å². The number of carbonyl (C=O) groups excluding carboxylic acids is 2. The van der Waals surface area contributed by atoms with Gasteiger partial charge in [-0.3, -0.25) is 14.3 Å². The average molecular weight is 597 g/mol. The summed E-state index contributed by atoms with van der Waals surface area (Å²) in [5, 5.41) is 7.47. The molecule has 0 bridgehead atoms. The number of carbonyl (C=O) groups is 2. The number of nitrogens with zero attached hydrogens (tertiary/aromatic N) is 3. The fraction of sp³-hybridized carbons (Fsp3) is 0.323. The lowest BCUT2D eigenvalue weighted by molar-refractivity contribution is -0.0491. The highest BCUT2D eigenvalue weighted by molar-refractivity contribution is 6.03. The van der Waals surface area contributed by atoms with Crippen molar-refractivity contribution in [3.05, 3.63) is 83.8 Å².